The second-order valence-corrected chi connectivity index (χ2v) is 20.4. The van der Waals surface area contributed by atoms with Gasteiger partial charge >= 0.3 is 12.2 Å². The van der Waals surface area contributed by atoms with Crippen LogP contribution >= 0.6 is 0 Å². The molecule has 0 saturated carbocycles. The van der Waals surface area contributed by atoms with Crippen LogP contribution in [-0.2, 0) is 24.1 Å². The van der Waals surface area contributed by atoms with Gasteiger partial charge in [-0.1, -0.05) is 145 Å². The van der Waals surface area contributed by atoms with E-state index in [2.05, 4.69) is 49.7 Å². The van der Waals surface area contributed by atoms with Crippen LogP contribution in [0, 0.1) is 0 Å². The quantitative estimate of drug-likeness (QED) is 0.0322. The average Bonchev–Trinajstić information content (AvgIpc) is 3.58. The highest BCUT2D eigenvalue weighted by atomic mass is 18.2. The maximum atomic E-state index is 12.5. The van der Waals surface area contributed by atoms with E-state index >= 15 is 0 Å². The minimum atomic E-state index is -0.538. The van der Waals surface area contributed by atoms with Gasteiger partial charge in [0, 0.05) is 38.0 Å². The summed E-state index contributed by atoms with van der Waals surface area (Å²) < 4.78 is 63.1. The van der Waals surface area contributed by atoms with Crippen molar-refractivity contribution in [2.24, 2.45) is 0 Å². The molecule has 7 aromatic rings. The molecule has 0 aromatic heterocycles. The summed E-state index contributed by atoms with van der Waals surface area (Å²) in [4.78, 5) is 48.8. The van der Waals surface area contributed by atoms with E-state index in [0.717, 1.165) is 50.8 Å². The predicted molar refractivity (Wildman–Crippen MR) is 323 cm³/mol. The zero-order chi connectivity index (χ0) is 59.8. The molecule has 0 saturated heterocycles. The SMILES string of the molecule is CC(C)c1ccccc1CC(=O)NCCc1ccc(OCC[18F])cc1.CC(C)c1ccccc1OC(=O)NCCCC(=O)c1ccc2cc(OCC[18F])ccc2c1.CC(C)c1ccccc1OC(=O)NCCc1ccc(OCCC[18F])cc1. The molecule has 3 amide bonds. The molecule has 7 rings (SSSR count). The van der Waals surface area contributed by atoms with Gasteiger partial charge < -0.3 is 39.6 Å². The van der Waals surface area contributed by atoms with Crippen LogP contribution in [0.2, 0.25) is 0 Å². The monoisotopic (exact) mass is 1140 g/mol. The Morgan fingerprint density at radius 2 is 0.904 bits per heavy atom. The van der Waals surface area contributed by atoms with Gasteiger partial charge in [-0.25, -0.2) is 18.4 Å². The normalized spacial score (nSPS) is 10.7. The lowest BCUT2D eigenvalue weighted by Crippen LogP contribution is -2.29. The van der Waals surface area contributed by atoms with Crippen LogP contribution in [0.15, 0.2) is 158 Å². The Labute approximate surface area is 487 Å². The van der Waals surface area contributed by atoms with E-state index in [1.54, 1.807) is 24.3 Å². The van der Waals surface area contributed by atoms with Gasteiger partial charge in [-0.3, -0.25) is 14.0 Å². The van der Waals surface area contributed by atoms with Gasteiger partial charge in [-0.05, 0) is 136 Å². The van der Waals surface area contributed by atoms with Gasteiger partial charge in [0.2, 0.25) is 5.91 Å². The Kier molecular flexibility index (Phi) is 28.6. The smallest absolute Gasteiger partial charge is 0.412 e. The molecule has 0 unspecified atom stereocenters. The van der Waals surface area contributed by atoms with Crippen LogP contribution in [-0.4, -0.2) is 83.4 Å². The number of rotatable bonds is 28. The van der Waals surface area contributed by atoms with Gasteiger partial charge in [-0.2, -0.15) is 0 Å². The molecule has 15 heteroatoms. The molecule has 83 heavy (non-hydrogen) atoms. The number of ether oxygens (including phenoxy) is 5. The largest absolute Gasteiger partial charge is 0.494 e. The van der Waals surface area contributed by atoms with Crippen molar-refractivity contribution in [3.05, 3.63) is 197 Å². The summed E-state index contributed by atoms with van der Waals surface area (Å²) in [5, 5.41) is 10.3. The predicted octanol–water partition coefficient (Wildman–Crippen LogP) is 15.0. The van der Waals surface area contributed by atoms with Crippen molar-refractivity contribution < 1.29 is 56.0 Å². The molecule has 442 valence electrons. The minimum absolute atomic E-state index is 0.00461. The number of carbonyl (C=O) groups excluding carboxylic acids is 4. The topological polar surface area (TPSA) is 151 Å². The Morgan fingerprint density at radius 1 is 0.446 bits per heavy atom. The fourth-order valence-electron chi connectivity index (χ4n) is 8.65. The molecular formula is C68H80F3N3O9. The maximum Gasteiger partial charge on any atom is 0.412 e. The molecular weight excluding hydrogens is 1060 g/mol. The summed E-state index contributed by atoms with van der Waals surface area (Å²) in [6, 6.07) is 49.1. The van der Waals surface area contributed by atoms with Crippen molar-refractivity contribution in [2.45, 2.75) is 97.8 Å². The summed E-state index contributed by atoms with van der Waals surface area (Å²) in [6.45, 7) is 13.0. The first kappa shape index (κ1) is 65.5. The number of Topliss-reactive ketones (excluding diaryl/α,β-unsaturated/α-hetero) is 1. The second kappa shape index (κ2) is 36.2. The van der Waals surface area contributed by atoms with Gasteiger partial charge in [0.1, 0.15) is 55.3 Å². The van der Waals surface area contributed by atoms with Gasteiger partial charge in [0.25, 0.3) is 0 Å². The van der Waals surface area contributed by atoms with Crippen LogP contribution in [0.4, 0.5) is 22.8 Å². The van der Waals surface area contributed by atoms with E-state index in [1.807, 2.05) is 141 Å². The highest BCUT2D eigenvalue weighted by Gasteiger charge is 2.15. The standard InChI is InChI=1S/C26H28FNO4.C21H26FNO3.C21H26FNO2/c1-18(2)23-6-3-4-8-25(23)32-26(30)28-14-5-7-24(29)21-10-9-20-17-22(31-15-13-27)12-11-19(20)16-21;1-16(2)19-6-3-4-7-20(19)26-21(24)23-14-12-17-8-10-18(11-9-17)25-15-5-13-22;1-16(2)20-6-4-3-5-18(20)15-21(24)23-13-11-17-7-9-19(10-8-17)25-14-12-22/h3-4,6,8-12,16-18H,5,7,13-15H2,1-2H3,(H,28,30);3-4,6-11,16H,5,12-15H2,1-2H3,(H,23,24);3-10,16H,11-15H2,1-2H3,(H,23,24)/i27-1;2*22-1. The summed E-state index contributed by atoms with van der Waals surface area (Å²) in [7, 11) is 0. The maximum absolute atomic E-state index is 12.5. The number of carbonyl (C=O) groups is 4. The van der Waals surface area contributed by atoms with E-state index in [-0.39, 0.29) is 43.4 Å². The highest BCUT2D eigenvalue weighted by Crippen LogP contribution is 2.28. The van der Waals surface area contributed by atoms with Crippen molar-refractivity contribution >= 4 is 34.6 Å². The first-order valence-corrected chi connectivity index (χ1v) is 28.4. The van der Waals surface area contributed by atoms with E-state index in [1.165, 1.54) is 5.56 Å². The van der Waals surface area contributed by atoms with Crippen LogP contribution in [0.5, 0.6) is 28.7 Å². The van der Waals surface area contributed by atoms with Gasteiger partial charge in [0.15, 0.2) is 5.78 Å². The van der Waals surface area contributed by atoms with Crippen LogP contribution < -0.4 is 39.6 Å². The minimum Gasteiger partial charge on any atom is -0.494 e. The highest BCUT2D eigenvalue weighted by molar-refractivity contribution is 6.00. The van der Waals surface area contributed by atoms with Crippen molar-refractivity contribution in [3.8, 4) is 28.7 Å². The lowest BCUT2D eigenvalue weighted by Gasteiger charge is -2.13. The summed E-state index contributed by atoms with van der Waals surface area (Å²) in [6.07, 6.45) is 2.08. The molecule has 7 aromatic carbocycles. The molecule has 0 spiro atoms. The Hall–Kier alpha value is -8.33. The Balaban J connectivity index is 0.000000230. The van der Waals surface area contributed by atoms with E-state index in [9.17, 15) is 32.3 Å². The first-order chi connectivity index (χ1) is 40.2. The molecule has 0 aliphatic rings. The third-order valence-electron chi connectivity index (χ3n) is 13.0. The van der Waals surface area contributed by atoms with Crippen molar-refractivity contribution in [1.29, 1.82) is 0 Å². The molecule has 0 aliphatic carbocycles. The van der Waals surface area contributed by atoms with Crippen LogP contribution in [0.25, 0.3) is 10.8 Å². The Morgan fingerprint density at radius 3 is 1.45 bits per heavy atom. The molecule has 0 fully saturated rings. The lowest BCUT2D eigenvalue weighted by atomic mass is 9.95. The molecule has 0 bridgehead atoms. The Bertz CT molecular complexity index is 3080. The van der Waals surface area contributed by atoms with Gasteiger partial charge in [0.05, 0.1) is 19.7 Å². The number of fused-ring (bicyclic) bond motifs is 1. The van der Waals surface area contributed by atoms with Gasteiger partial charge in [-0.15, -0.1) is 0 Å². The first-order valence-electron chi connectivity index (χ1n) is 28.4. The average molecular weight is 1140 g/mol. The molecule has 0 aliphatic heterocycles. The molecule has 3 N–H and O–H groups in total. The zero-order valence-corrected chi connectivity index (χ0v) is 48.7. The lowest BCUT2D eigenvalue weighted by molar-refractivity contribution is -0.120. The number of para-hydroxylation sites is 2. The van der Waals surface area contributed by atoms with E-state index in [4.69, 9.17) is 23.7 Å². The number of benzene rings is 7. The molecule has 0 radical (unpaired) electrons. The van der Waals surface area contributed by atoms with E-state index < -0.39 is 25.5 Å². The number of halogens is 3. The summed E-state index contributed by atoms with van der Waals surface area (Å²) in [5.41, 5.74) is 7.08. The van der Waals surface area contributed by atoms with Crippen molar-refractivity contribution in [2.75, 3.05) is 59.5 Å². The number of amides is 3. The van der Waals surface area contributed by atoms with Crippen LogP contribution in [0.3, 0.4) is 0 Å². The molecule has 0 heterocycles. The van der Waals surface area contributed by atoms with Crippen LogP contribution in [0.1, 0.15) is 122 Å². The third-order valence-corrected chi connectivity index (χ3v) is 13.0. The third kappa shape index (κ3) is 23.6. The van der Waals surface area contributed by atoms with Crippen molar-refractivity contribution in [1.82, 2.24) is 16.0 Å². The number of alkyl halides is 3. The summed E-state index contributed by atoms with van der Waals surface area (Å²) >= 11 is 0. The fraction of sp³-hybridized carbons (Fsp3) is 0.353. The number of hydrogen-bond donors (Lipinski definition) is 3. The van der Waals surface area contributed by atoms with E-state index in [0.29, 0.717) is 92.8 Å². The second-order valence-electron chi connectivity index (χ2n) is 20.4. The number of hydrogen-bond acceptors (Lipinski definition) is 9. The van der Waals surface area contributed by atoms with Crippen molar-refractivity contribution in [3.63, 3.8) is 0 Å². The number of nitrogens with one attached hydrogen (secondary N) is 3. The zero-order valence-electron chi connectivity index (χ0n) is 48.7. The molecule has 0 atom stereocenters. The number of ketones is 1. The fourth-order valence-corrected chi connectivity index (χ4v) is 8.65. The molecule has 12 nitrogen and oxygen atoms in total. The summed E-state index contributed by atoms with van der Waals surface area (Å²) in [5.74, 6) is 4.10.